The van der Waals surface area contributed by atoms with E-state index in [9.17, 15) is 24.0 Å². The van der Waals surface area contributed by atoms with Crippen LogP contribution in [0, 0.1) is 17.8 Å². The van der Waals surface area contributed by atoms with Crippen molar-refractivity contribution in [1.29, 1.82) is 0 Å². The van der Waals surface area contributed by atoms with Crippen LogP contribution in [-0.4, -0.2) is 36.3 Å². The van der Waals surface area contributed by atoms with E-state index in [0.717, 1.165) is 19.3 Å². The van der Waals surface area contributed by atoms with Gasteiger partial charge >= 0.3 is 23.9 Å². The number of rotatable bonds is 21. The molecule has 1 N–H and O–H groups in total. The standard InChI is InChI=1S/C37H53NO7/c1-2-3-4-5-6-7-8-9-10-11-12-13-14-15-16-17-18-21-24-38-34(40)32-30(28-25-29(39)44-35(28)41)26-22-19-20-23-27(26)31-33(32)37(43)45-36(31)42/h19-20,22-23,28,30-33H,2-18,21,24-25H2,1H3,(H,38,40). The molecule has 1 aromatic rings. The number of hydrogen-bond acceptors (Lipinski definition) is 7. The van der Waals surface area contributed by atoms with E-state index in [4.69, 9.17) is 9.47 Å². The molecular weight excluding hydrogens is 570 g/mol. The van der Waals surface area contributed by atoms with Crippen LogP contribution < -0.4 is 5.32 Å². The summed E-state index contributed by atoms with van der Waals surface area (Å²) in [5, 5.41) is 2.97. The van der Waals surface area contributed by atoms with Crippen molar-refractivity contribution in [3.63, 3.8) is 0 Å². The molecule has 0 aromatic heterocycles. The maximum Gasteiger partial charge on any atom is 0.321 e. The Balaban J connectivity index is 1.14. The number of carbonyl (C=O) groups is 5. The van der Waals surface area contributed by atoms with Gasteiger partial charge in [0.25, 0.3) is 0 Å². The molecule has 2 fully saturated rings. The van der Waals surface area contributed by atoms with Crippen LogP contribution in [0.25, 0.3) is 0 Å². The van der Waals surface area contributed by atoms with E-state index in [0.29, 0.717) is 17.7 Å². The zero-order chi connectivity index (χ0) is 32.0. The van der Waals surface area contributed by atoms with Gasteiger partial charge in [0, 0.05) is 12.5 Å². The minimum atomic E-state index is -1.04. The van der Waals surface area contributed by atoms with Gasteiger partial charge in [-0.1, -0.05) is 140 Å². The Morgan fingerprint density at radius 2 is 1.16 bits per heavy atom. The van der Waals surface area contributed by atoms with Gasteiger partial charge in [0.1, 0.15) is 0 Å². The molecule has 4 rings (SSSR count). The van der Waals surface area contributed by atoms with E-state index in [1.807, 2.05) is 0 Å². The Morgan fingerprint density at radius 1 is 0.644 bits per heavy atom. The summed E-state index contributed by atoms with van der Waals surface area (Å²) in [5.41, 5.74) is 1.19. The molecule has 45 heavy (non-hydrogen) atoms. The van der Waals surface area contributed by atoms with Gasteiger partial charge in [-0.15, -0.1) is 0 Å². The molecule has 0 radical (unpaired) electrons. The fraction of sp³-hybridized carbons (Fsp3) is 0.703. The fourth-order valence-electron chi connectivity index (χ4n) is 7.62. The van der Waals surface area contributed by atoms with Gasteiger partial charge in [-0.25, -0.2) is 0 Å². The lowest BCUT2D eigenvalue weighted by Gasteiger charge is -2.39. The van der Waals surface area contributed by atoms with Crippen molar-refractivity contribution >= 4 is 29.8 Å². The lowest BCUT2D eigenvalue weighted by atomic mass is 9.60. The predicted molar refractivity (Wildman–Crippen MR) is 171 cm³/mol. The van der Waals surface area contributed by atoms with E-state index in [1.54, 1.807) is 24.3 Å². The molecule has 2 aliphatic heterocycles. The fourth-order valence-corrected chi connectivity index (χ4v) is 7.62. The second-order valence-electron chi connectivity index (χ2n) is 13.3. The molecule has 2 heterocycles. The van der Waals surface area contributed by atoms with E-state index in [1.165, 1.54) is 96.3 Å². The largest absolute Gasteiger partial charge is 0.393 e. The van der Waals surface area contributed by atoms with E-state index in [2.05, 4.69) is 12.2 Å². The van der Waals surface area contributed by atoms with Crippen LogP contribution in [-0.2, 0) is 33.4 Å². The van der Waals surface area contributed by atoms with Gasteiger partial charge in [-0.3, -0.25) is 24.0 Å². The molecular formula is C37H53NO7. The molecule has 0 spiro atoms. The van der Waals surface area contributed by atoms with Gasteiger partial charge in [0.2, 0.25) is 5.91 Å². The maximum atomic E-state index is 13.7. The quantitative estimate of drug-likeness (QED) is 0.0860. The van der Waals surface area contributed by atoms with Gasteiger partial charge in [-0.2, -0.15) is 0 Å². The molecule has 0 saturated carbocycles. The molecule has 1 aliphatic carbocycles. The van der Waals surface area contributed by atoms with Crippen molar-refractivity contribution in [2.24, 2.45) is 17.8 Å². The zero-order valence-electron chi connectivity index (χ0n) is 27.2. The monoisotopic (exact) mass is 623 g/mol. The average molecular weight is 624 g/mol. The lowest BCUT2D eigenvalue weighted by molar-refractivity contribution is -0.157. The Labute approximate surface area is 268 Å². The van der Waals surface area contributed by atoms with Gasteiger partial charge in [0.05, 0.1) is 30.1 Å². The highest BCUT2D eigenvalue weighted by Gasteiger charge is 2.60. The number of fused-ring (bicyclic) bond motifs is 3. The highest BCUT2D eigenvalue weighted by Crippen LogP contribution is 2.54. The van der Waals surface area contributed by atoms with Gasteiger partial charge < -0.3 is 14.8 Å². The van der Waals surface area contributed by atoms with Crippen LogP contribution in [0.1, 0.15) is 152 Å². The first-order chi connectivity index (χ1) is 21.9. The second-order valence-corrected chi connectivity index (χ2v) is 13.3. The van der Waals surface area contributed by atoms with Crippen LogP contribution in [0.2, 0.25) is 0 Å². The third kappa shape index (κ3) is 9.49. The van der Waals surface area contributed by atoms with Crippen molar-refractivity contribution < 1.29 is 33.4 Å². The van der Waals surface area contributed by atoms with Crippen LogP contribution >= 0.6 is 0 Å². The summed E-state index contributed by atoms with van der Waals surface area (Å²) in [5.74, 6) is -7.79. The van der Waals surface area contributed by atoms with Crippen LogP contribution in [0.3, 0.4) is 0 Å². The number of nitrogens with one attached hydrogen (secondary N) is 1. The smallest absolute Gasteiger partial charge is 0.321 e. The highest BCUT2D eigenvalue weighted by atomic mass is 16.6. The third-order valence-corrected chi connectivity index (χ3v) is 10.0. The molecule has 5 unspecified atom stereocenters. The normalized spacial score (nSPS) is 23.9. The Morgan fingerprint density at radius 3 is 1.67 bits per heavy atom. The van der Waals surface area contributed by atoms with Gasteiger partial charge in [-0.05, 0) is 17.5 Å². The minimum absolute atomic E-state index is 0.165. The molecule has 0 bridgehead atoms. The SMILES string of the molecule is CCCCCCCCCCCCCCCCCCCCNC(=O)C1C2C(=O)OC(=O)C2c2ccccc2C1C1CC(=O)OC1=O. The average Bonchev–Trinajstić information content (AvgIpc) is 3.52. The summed E-state index contributed by atoms with van der Waals surface area (Å²) in [6, 6.07) is 7.01. The van der Waals surface area contributed by atoms with Crippen LogP contribution in [0.5, 0.6) is 0 Å². The molecule has 1 aromatic carbocycles. The molecule has 8 nitrogen and oxygen atoms in total. The summed E-state index contributed by atoms with van der Waals surface area (Å²) in [7, 11) is 0. The molecule has 1 amide bonds. The number of amides is 1. The zero-order valence-corrected chi connectivity index (χ0v) is 27.2. The molecule has 8 heteroatoms. The molecule has 5 atom stereocenters. The first-order valence-electron chi connectivity index (χ1n) is 17.8. The summed E-state index contributed by atoms with van der Waals surface area (Å²) in [4.78, 5) is 64.0. The van der Waals surface area contributed by atoms with E-state index in [-0.39, 0.29) is 6.42 Å². The number of cyclic esters (lactones) is 4. The third-order valence-electron chi connectivity index (χ3n) is 10.0. The van der Waals surface area contributed by atoms with Crippen molar-refractivity contribution in [1.82, 2.24) is 5.32 Å². The number of benzene rings is 1. The summed E-state index contributed by atoms with van der Waals surface area (Å²) in [6.45, 7) is 2.71. The lowest BCUT2D eigenvalue weighted by Crippen LogP contribution is -2.47. The second kappa shape index (κ2) is 18.2. The molecule has 3 aliphatic rings. The van der Waals surface area contributed by atoms with E-state index < -0.39 is 59.4 Å². The number of ether oxygens (including phenoxy) is 2. The Bertz CT molecular complexity index is 1160. The van der Waals surface area contributed by atoms with Crippen molar-refractivity contribution in [3.05, 3.63) is 35.4 Å². The van der Waals surface area contributed by atoms with Crippen molar-refractivity contribution in [2.45, 2.75) is 141 Å². The van der Waals surface area contributed by atoms with Gasteiger partial charge in [0.15, 0.2) is 0 Å². The summed E-state index contributed by atoms with van der Waals surface area (Å²) < 4.78 is 9.85. The van der Waals surface area contributed by atoms with Crippen LogP contribution in [0.4, 0.5) is 0 Å². The maximum absolute atomic E-state index is 13.7. The minimum Gasteiger partial charge on any atom is -0.393 e. The number of unbranched alkanes of at least 4 members (excludes halogenated alkanes) is 17. The first kappa shape index (κ1) is 34.8. The van der Waals surface area contributed by atoms with Crippen LogP contribution in [0.15, 0.2) is 24.3 Å². The summed E-state index contributed by atoms with van der Waals surface area (Å²) in [6.07, 6.45) is 22.9. The van der Waals surface area contributed by atoms with E-state index >= 15 is 0 Å². The topological polar surface area (TPSA) is 116 Å². The highest BCUT2D eigenvalue weighted by molar-refractivity contribution is 6.04. The van der Waals surface area contributed by atoms with Crippen molar-refractivity contribution in [3.8, 4) is 0 Å². The first-order valence-corrected chi connectivity index (χ1v) is 17.8. The Kier molecular flexibility index (Phi) is 14.1. The van der Waals surface area contributed by atoms with Crippen molar-refractivity contribution in [2.75, 3.05) is 6.54 Å². The number of carbonyl (C=O) groups excluding carboxylic acids is 5. The summed E-state index contributed by atoms with van der Waals surface area (Å²) >= 11 is 0. The number of esters is 4. The Hall–Kier alpha value is -3.03. The molecule has 2 saturated heterocycles. The molecule has 248 valence electrons. The predicted octanol–water partition coefficient (Wildman–Crippen LogP) is 7.43. The number of hydrogen-bond donors (Lipinski definition) is 1.